The van der Waals surface area contributed by atoms with E-state index in [2.05, 4.69) is 27.5 Å². The first-order chi connectivity index (χ1) is 9.84. The van der Waals surface area contributed by atoms with Crippen molar-refractivity contribution >= 4 is 23.2 Å². The highest BCUT2D eigenvalue weighted by atomic mass is 35.5. The van der Waals surface area contributed by atoms with E-state index in [1.165, 1.54) is 12.1 Å². The third-order valence-corrected chi connectivity index (χ3v) is 4.52. The molecule has 1 N–H and O–H groups in total. The first kappa shape index (κ1) is 12.0. The molecule has 2 aliphatic rings. The molecule has 1 aromatic carbocycles. The molecule has 0 fully saturated rings. The summed E-state index contributed by atoms with van der Waals surface area (Å²) in [6.07, 6.45) is 7.36. The van der Waals surface area contributed by atoms with Crippen LogP contribution in [0.1, 0.15) is 30.9 Å². The molecular formula is C15H15ClN4. The Kier molecular flexibility index (Phi) is 2.77. The van der Waals surface area contributed by atoms with Crippen LogP contribution in [0, 0.1) is 5.92 Å². The summed E-state index contributed by atoms with van der Waals surface area (Å²) in [4.78, 5) is 4.31. The number of fused-ring (bicyclic) bond motifs is 3. The molecule has 2 atom stereocenters. The van der Waals surface area contributed by atoms with E-state index in [1.54, 1.807) is 6.33 Å². The zero-order valence-corrected chi connectivity index (χ0v) is 11.7. The minimum Gasteiger partial charge on any atom is -0.347 e. The van der Waals surface area contributed by atoms with Crippen LogP contribution in [0.4, 0.5) is 5.95 Å². The Balaban J connectivity index is 1.84. The van der Waals surface area contributed by atoms with E-state index in [0.29, 0.717) is 5.92 Å². The number of hydrogen-bond donors (Lipinski definition) is 1. The summed E-state index contributed by atoms with van der Waals surface area (Å²) in [6, 6.07) is 8.22. The smallest absolute Gasteiger partial charge is 0.226 e. The van der Waals surface area contributed by atoms with E-state index >= 15 is 0 Å². The van der Waals surface area contributed by atoms with Crippen LogP contribution in [0.5, 0.6) is 0 Å². The normalized spacial score (nSPS) is 24.4. The number of halogens is 1. The van der Waals surface area contributed by atoms with Gasteiger partial charge in [-0.25, -0.2) is 4.68 Å². The number of allylic oxidation sites excluding steroid dienone is 1. The summed E-state index contributed by atoms with van der Waals surface area (Å²) < 4.78 is 1.93. The van der Waals surface area contributed by atoms with Crippen LogP contribution in [-0.2, 0) is 0 Å². The maximum absolute atomic E-state index is 6.39. The van der Waals surface area contributed by atoms with E-state index < -0.39 is 0 Å². The Labute approximate surface area is 122 Å². The maximum Gasteiger partial charge on any atom is 0.226 e. The highest BCUT2D eigenvalue weighted by Crippen LogP contribution is 2.44. The first-order valence-corrected chi connectivity index (χ1v) is 7.34. The van der Waals surface area contributed by atoms with Gasteiger partial charge in [-0.2, -0.15) is 10.1 Å². The molecule has 102 valence electrons. The molecule has 2 heterocycles. The second-order valence-electron chi connectivity index (χ2n) is 5.31. The molecule has 1 aliphatic carbocycles. The van der Waals surface area contributed by atoms with Crippen LogP contribution < -0.4 is 5.32 Å². The molecule has 0 saturated heterocycles. The van der Waals surface area contributed by atoms with Crippen molar-refractivity contribution in [1.82, 2.24) is 14.8 Å². The van der Waals surface area contributed by atoms with Gasteiger partial charge in [0.15, 0.2) is 0 Å². The molecular weight excluding hydrogens is 272 g/mol. The van der Waals surface area contributed by atoms with Crippen LogP contribution >= 0.6 is 11.6 Å². The lowest BCUT2D eigenvalue weighted by atomic mass is 9.82. The Bertz CT molecular complexity index is 676. The van der Waals surface area contributed by atoms with Gasteiger partial charge in [0.2, 0.25) is 5.95 Å². The molecule has 20 heavy (non-hydrogen) atoms. The lowest BCUT2D eigenvalue weighted by Gasteiger charge is -2.37. The van der Waals surface area contributed by atoms with Crippen LogP contribution in [0.25, 0.3) is 5.70 Å². The monoisotopic (exact) mass is 286 g/mol. The summed E-state index contributed by atoms with van der Waals surface area (Å²) >= 11 is 6.39. The molecule has 0 saturated carbocycles. The van der Waals surface area contributed by atoms with Gasteiger partial charge in [-0.3, -0.25) is 0 Å². The number of nitrogens with zero attached hydrogens (tertiary/aromatic N) is 3. The van der Waals surface area contributed by atoms with Gasteiger partial charge >= 0.3 is 0 Å². The van der Waals surface area contributed by atoms with Gasteiger partial charge < -0.3 is 5.32 Å². The number of benzene rings is 1. The standard InChI is InChI=1S/C15H15ClN4/c16-12-7-3-1-5-10(12)14-11-6-2-4-8-13(11)20-15(19-14)17-9-18-20/h1,3,5,7-9,11,14H,2,4,6H2,(H,17,18,19). The maximum atomic E-state index is 6.39. The summed E-state index contributed by atoms with van der Waals surface area (Å²) in [7, 11) is 0. The summed E-state index contributed by atoms with van der Waals surface area (Å²) in [5.74, 6) is 1.21. The summed E-state index contributed by atoms with van der Waals surface area (Å²) in [5.41, 5.74) is 2.40. The lowest BCUT2D eigenvalue weighted by molar-refractivity contribution is 0.451. The molecule has 0 amide bonds. The minimum atomic E-state index is 0.173. The van der Waals surface area contributed by atoms with Crippen molar-refractivity contribution in [1.29, 1.82) is 0 Å². The van der Waals surface area contributed by atoms with Crippen molar-refractivity contribution in [3.63, 3.8) is 0 Å². The summed E-state index contributed by atoms with van der Waals surface area (Å²) in [6.45, 7) is 0. The molecule has 1 aliphatic heterocycles. The molecule has 0 spiro atoms. The molecule has 4 rings (SSSR count). The average molecular weight is 287 g/mol. The van der Waals surface area contributed by atoms with Crippen molar-refractivity contribution < 1.29 is 0 Å². The Morgan fingerprint density at radius 1 is 1.30 bits per heavy atom. The van der Waals surface area contributed by atoms with Crippen LogP contribution in [-0.4, -0.2) is 14.8 Å². The number of hydrogen-bond acceptors (Lipinski definition) is 3. The fraction of sp³-hybridized carbons (Fsp3) is 0.333. The molecule has 2 aromatic rings. The molecule has 4 nitrogen and oxygen atoms in total. The van der Waals surface area contributed by atoms with Gasteiger partial charge in [-0.05, 0) is 30.9 Å². The number of aromatic nitrogens is 3. The average Bonchev–Trinajstić information content (AvgIpc) is 2.96. The van der Waals surface area contributed by atoms with E-state index in [9.17, 15) is 0 Å². The van der Waals surface area contributed by atoms with Gasteiger partial charge in [0.25, 0.3) is 0 Å². The second kappa shape index (κ2) is 4.63. The molecule has 5 heteroatoms. The SMILES string of the molecule is Clc1ccccc1C1Nc2ncnn2C2=CCCCC21. The van der Waals surface area contributed by atoms with Gasteiger partial charge in [0.05, 0.1) is 6.04 Å². The van der Waals surface area contributed by atoms with Crippen molar-refractivity contribution in [3.05, 3.63) is 47.3 Å². The third-order valence-electron chi connectivity index (χ3n) is 4.17. The fourth-order valence-corrected chi connectivity index (χ4v) is 3.51. The number of anilines is 1. The van der Waals surface area contributed by atoms with Crippen LogP contribution in [0.3, 0.4) is 0 Å². The zero-order chi connectivity index (χ0) is 13.5. The van der Waals surface area contributed by atoms with Crippen molar-refractivity contribution in [2.45, 2.75) is 25.3 Å². The minimum absolute atomic E-state index is 0.173. The van der Waals surface area contributed by atoms with Gasteiger partial charge in [-0.1, -0.05) is 35.9 Å². The highest BCUT2D eigenvalue weighted by molar-refractivity contribution is 6.31. The van der Waals surface area contributed by atoms with Crippen molar-refractivity contribution in [2.24, 2.45) is 5.92 Å². The molecule has 1 aromatic heterocycles. The number of rotatable bonds is 1. The second-order valence-corrected chi connectivity index (χ2v) is 5.71. The lowest BCUT2D eigenvalue weighted by Crippen LogP contribution is -2.32. The van der Waals surface area contributed by atoms with Crippen molar-refractivity contribution in [3.8, 4) is 0 Å². The van der Waals surface area contributed by atoms with Gasteiger partial charge in [0, 0.05) is 16.6 Å². The Morgan fingerprint density at radius 2 is 2.20 bits per heavy atom. The van der Waals surface area contributed by atoms with Crippen molar-refractivity contribution in [2.75, 3.05) is 5.32 Å². The Hall–Kier alpha value is -1.81. The zero-order valence-electron chi connectivity index (χ0n) is 11.0. The van der Waals surface area contributed by atoms with E-state index in [4.69, 9.17) is 11.6 Å². The van der Waals surface area contributed by atoms with E-state index in [1.807, 2.05) is 22.9 Å². The van der Waals surface area contributed by atoms with Gasteiger partial charge in [0.1, 0.15) is 6.33 Å². The molecule has 0 bridgehead atoms. The predicted octanol–water partition coefficient (Wildman–Crippen LogP) is 3.74. The third kappa shape index (κ3) is 1.75. The van der Waals surface area contributed by atoms with Crippen LogP contribution in [0.2, 0.25) is 5.02 Å². The number of nitrogens with one attached hydrogen (secondary N) is 1. The largest absolute Gasteiger partial charge is 0.347 e. The Morgan fingerprint density at radius 3 is 3.10 bits per heavy atom. The van der Waals surface area contributed by atoms with E-state index in [0.717, 1.165) is 29.4 Å². The highest BCUT2D eigenvalue weighted by Gasteiger charge is 2.36. The predicted molar refractivity (Wildman–Crippen MR) is 79.5 cm³/mol. The van der Waals surface area contributed by atoms with E-state index in [-0.39, 0.29) is 6.04 Å². The van der Waals surface area contributed by atoms with Gasteiger partial charge in [-0.15, -0.1) is 0 Å². The fourth-order valence-electron chi connectivity index (χ4n) is 3.26. The topological polar surface area (TPSA) is 42.7 Å². The first-order valence-electron chi connectivity index (χ1n) is 6.96. The molecule has 2 unspecified atom stereocenters. The summed E-state index contributed by atoms with van der Waals surface area (Å²) in [5, 5.41) is 8.64. The molecule has 0 radical (unpaired) electrons. The van der Waals surface area contributed by atoms with Crippen LogP contribution in [0.15, 0.2) is 36.7 Å². The quantitative estimate of drug-likeness (QED) is 0.868.